The first-order chi connectivity index (χ1) is 23.2. The summed E-state index contributed by atoms with van der Waals surface area (Å²) in [4.78, 5) is 9.68. The number of para-hydroxylation sites is 2. The van der Waals surface area contributed by atoms with E-state index in [-0.39, 0.29) is 0 Å². The average Bonchev–Trinajstić information content (AvgIpc) is 3.61. The van der Waals surface area contributed by atoms with Crippen molar-refractivity contribution in [1.29, 1.82) is 0 Å². The Morgan fingerprint density at radius 3 is 1.30 bits per heavy atom. The van der Waals surface area contributed by atoms with Crippen LogP contribution in [0.25, 0.3) is 66.1 Å². The Labute approximate surface area is 284 Å². The van der Waals surface area contributed by atoms with E-state index < -0.39 is 0 Å². The Bertz CT molecular complexity index is 2220. The predicted octanol–water partition coefficient (Wildman–Crippen LogP) is 12.0. The minimum absolute atomic E-state index is 0.724. The Balaban J connectivity index is 1.00. The molecule has 0 radical (unpaired) electrons. The molecule has 0 amide bonds. The molecule has 0 N–H and O–H groups in total. The van der Waals surface area contributed by atoms with Gasteiger partial charge in [-0.1, -0.05) is 115 Å². The van der Waals surface area contributed by atoms with Crippen molar-refractivity contribution in [1.82, 2.24) is 19.1 Å². The van der Waals surface area contributed by atoms with Crippen LogP contribution in [0.15, 0.2) is 122 Å². The average molecular weight is 654 g/mol. The third kappa shape index (κ3) is 5.36. The maximum Gasteiger partial charge on any atom is 0.0960 e. The lowest BCUT2D eigenvalue weighted by Crippen LogP contribution is -2.01. The van der Waals surface area contributed by atoms with Crippen LogP contribution < -0.4 is 0 Å². The quantitative estimate of drug-likeness (QED) is 0.138. The number of aryl methyl sites for hydroxylation is 2. The summed E-state index contributed by atoms with van der Waals surface area (Å²) < 4.78 is 4.91. The first-order valence-electron chi connectivity index (χ1n) is 16.4. The summed E-state index contributed by atoms with van der Waals surface area (Å²) in [5, 5.41) is 6.42. The molecule has 6 heteroatoms. The van der Waals surface area contributed by atoms with E-state index in [4.69, 9.17) is 33.2 Å². The number of rotatable bonds is 10. The fraction of sp³-hybridized carbons (Fsp3) is 0.171. The highest BCUT2D eigenvalue weighted by molar-refractivity contribution is 6.34. The summed E-state index contributed by atoms with van der Waals surface area (Å²) in [6, 6.07) is 37.7. The molecule has 0 bridgehead atoms. The fourth-order valence-electron chi connectivity index (χ4n) is 7.24. The monoisotopic (exact) mass is 652 g/mol. The molecule has 8 rings (SSSR count). The number of halogens is 2. The molecule has 47 heavy (non-hydrogen) atoms. The van der Waals surface area contributed by atoms with E-state index in [1.165, 1.54) is 39.0 Å². The number of unbranched alkanes of at least 4 members (excludes halogenated alkanes) is 4. The summed E-state index contributed by atoms with van der Waals surface area (Å²) in [5.74, 6) is 0. The second-order valence-electron chi connectivity index (χ2n) is 12.2. The summed E-state index contributed by atoms with van der Waals surface area (Å²) in [7, 11) is 0. The summed E-state index contributed by atoms with van der Waals surface area (Å²) in [6.07, 6.45) is 9.51. The van der Waals surface area contributed by atoms with Crippen LogP contribution in [0.5, 0.6) is 0 Å². The largest absolute Gasteiger partial charge is 0.339 e. The summed E-state index contributed by atoms with van der Waals surface area (Å²) >= 11 is 13.3. The number of nitrogens with zero attached hydrogens (tertiary/aromatic N) is 4. The molecule has 8 aromatic rings. The van der Waals surface area contributed by atoms with Crippen LogP contribution in [0, 0.1) is 0 Å². The third-order valence-electron chi connectivity index (χ3n) is 9.38. The molecule has 0 aliphatic rings. The van der Waals surface area contributed by atoms with Gasteiger partial charge in [-0.25, -0.2) is 0 Å². The lowest BCUT2D eigenvalue weighted by molar-refractivity contribution is 0.551. The van der Waals surface area contributed by atoms with Crippen molar-refractivity contribution in [3.63, 3.8) is 0 Å². The van der Waals surface area contributed by atoms with E-state index in [1.54, 1.807) is 0 Å². The molecule has 0 fully saturated rings. The van der Waals surface area contributed by atoms with Crippen molar-refractivity contribution in [3.05, 3.63) is 132 Å². The topological polar surface area (TPSA) is 35.6 Å². The van der Waals surface area contributed by atoms with Gasteiger partial charge in [-0.3, -0.25) is 9.97 Å². The van der Waals surface area contributed by atoms with Crippen LogP contribution in [0.4, 0.5) is 0 Å². The highest BCUT2D eigenvalue weighted by atomic mass is 35.5. The van der Waals surface area contributed by atoms with Gasteiger partial charge in [-0.05, 0) is 49.2 Å². The van der Waals surface area contributed by atoms with Crippen LogP contribution in [0.2, 0.25) is 10.0 Å². The molecule has 4 nitrogen and oxygen atoms in total. The molecule has 4 aromatic heterocycles. The number of benzene rings is 4. The molecule has 0 atom stereocenters. The van der Waals surface area contributed by atoms with E-state index >= 15 is 0 Å². The van der Waals surface area contributed by atoms with Crippen LogP contribution in [-0.4, -0.2) is 19.1 Å². The number of fused-ring (bicyclic) bond motifs is 6. The first-order valence-corrected chi connectivity index (χ1v) is 17.2. The van der Waals surface area contributed by atoms with Gasteiger partial charge < -0.3 is 9.13 Å². The van der Waals surface area contributed by atoms with Gasteiger partial charge in [0.1, 0.15) is 0 Å². The van der Waals surface area contributed by atoms with Crippen LogP contribution in [-0.2, 0) is 13.1 Å². The standard InChI is InChI=1S/C41H34Cl2N4/c42-34-18-8-4-16-32(34)38-40-30(22-24-44-38)28-14-6-10-20-36(28)46(40)26-12-2-1-3-13-27-47-37-21-11-7-15-29(37)31-23-25-45-39(41(31)47)33-17-5-9-19-35(33)43/h4-11,14-25H,1-3,12-13,26-27H2. The van der Waals surface area contributed by atoms with E-state index in [9.17, 15) is 0 Å². The molecule has 0 aliphatic carbocycles. The molecule has 232 valence electrons. The normalized spacial score (nSPS) is 11.8. The molecule has 0 aliphatic heterocycles. The Morgan fingerprint density at radius 2 is 0.830 bits per heavy atom. The summed E-state index contributed by atoms with van der Waals surface area (Å²) in [5.41, 5.74) is 8.66. The zero-order valence-corrected chi connectivity index (χ0v) is 27.6. The Hall–Kier alpha value is -4.64. The van der Waals surface area contributed by atoms with Crippen LogP contribution in [0.1, 0.15) is 32.1 Å². The lowest BCUT2D eigenvalue weighted by atomic mass is 10.1. The highest BCUT2D eigenvalue weighted by Crippen LogP contribution is 2.39. The van der Waals surface area contributed by atoms with Crippen LogP contribution in [0.3, 0.4) is 0 Å². The van der Waals surface area contributed by atoms with Crippen molar-refractivity contribution in [2.75, 3.05) is 0 Å². The van der Waals surface area contributed by atoms with Crippen molar-refractivity contribution < 1.29 is 0 Å². The highest BCUT2D eigenvalue weighted by Gasteiger charge is 2.19. The molecule has 4 heterocycles. The SMILES string of the molecule is Clc1ccccc1-c1nccc2c3ccccc3n(CCCCCCCn3c4ccccc4c4ccnc(-c5ccccc5Cl)c43)c12. The van der Waals surface area contributed by atoms with Crippen molar-refractivity contribution >= 4 is 66.8 Å². The molecule has 0 spiro atoms. The minimum Gasteiger partial charge on any atom is -0.339 e. The zero-order chi connectivity index (χ0) is 31.7. The minimum atomic E-state index is 0.724. The predicted molar refractivity (Wildman–Crippen MR) is 198 cm³/mol. The van der Waals surface area contributed by atoms with Gasteiger partial charge in [-0.2, -0.15) is 0 Å². The van der Waals surface area contributed by atoms with Crippen molar-refractivity contribution in [2.45, 2.75) is 45.2 Å². The van der Waals surface area contributed by atoms with Gasteiger partial charge in [0.05, 0.1) is 32.5 Å². The molecule has 0 unspecified atom stereocenters. The van der Waals surface area contributed by atoms with Gasteiger partial charge >= 0.3 is 0 Å². The van der Waals surface area contributed by atoms with Gasteiger partial charge in [-0.15, -0.1) is 0 Å². The molecule has 0 saturated carbocycles. The van der Waals surface area contributed by atoms with Gasteiger partial charge in [0.15, 0.2) is 0 Å². The van der Waals surface area contributed by atoms with Gasteiger partial charge in [0.25, 0.3) is 0 Å². The van der Waals surface area contributed by atoms with E-state index in [0.717, 1.165) is 82.4 Å². The van der Waals surface area contributed by atoms with Gasteiger partial charge in [0, 0.05) is 69.2 Å². The molecule has 0 saturated heterocycles. The fourth-order valence-corrected chi connectivity index (χ4v) is 7.69. The molecular weight excluding hydrogens is 619 g/mol. The van der Waals surface area contributed by atoms with E-state index in [0.29, 0.717) is 0 Å². The second-order valence-corrected chi connectivity index (χ2v) is 13.0. The smallest absolute Gasteiger partial charge is 0.0960 e. The number of pyridine rings is 2. The first kappa shape index (κ1) is 29.7. The Morgan fingerprint density at radius 1 is 0.426 bits per heavy atom. The van der Waals surface area contributed by atoms with E-state index in [1.807, 2.05) is 48.8 Å². The van der Waals surface area contributed by atoms with Crippen molar-refractivity contribution in [3.8, 4) is 22.5 Å². The maximum atomic E-state index is 6.67. The lowest BCUT2D eigenvalue weighted by Gasteiger charge is -2.12. The van der Waals surface area contributed by atoms with Crippen molar-refractivity contribution in [2.24, 2.45) is 0 Å². The molecular formula is C41H34Cl2N4. The third-order valence-corrected chi connectivity index (χ3v) is 10.0. The number of hydrogen-bond donors (Lipinski definition) is 0. The number of hydrogen-bond acceptors (Lipinski definition) is 2. The zero-order valence-electron chi connectivity index (χ0n) is 26.0. The second kappa shape index (κ2) is 12.9. The summed E-state index contributed by atoms with van der Waals surface area (Å²) in [6.45, 7) is 1.87. The van der Waals surface area contributed by atoms with Crippen LogP contribution >= 0.6 is 23.2 Å². The Kier molecular flexibility index (Phi) is 8.14. The molecule has 4 aromatic carbocycles. The van der Waals surface area contributed by atoms with Gasteiger partial charge in [0.2, 0.25) is 0 Å². The van der Waals surface area contributed by atoms with E-state index in [2.05, 4.69) is 81.9 Å². The maximum absolute atomic E-state index is 6.67. The number of aromatic nitrogens is 4.